The molecule has 0 atom stereocenters. The highest BCUT2D eigenvalue weighted by Gasteiger charge is 2.07. The van der Waals surface area contributed by atoms with Gasteiger partial charge in [0, 0.05) is 18.2 Å². The summed E-state index contributed by atoms with van der Waals surface area (Å²) >= 11 is 0. The highest BCUT2D eigenvalue weighted by molar-refractivity contribution is 5.75. The number of aryl methyl sites for hydroxylation is 2. The van der Waals surface area contributed by atoms with Crippen molar-refractivity contribution in [3.05, 3.63) is 77.8 Å². The molecule has 0 radical (unpaired) electrons. The van der Waals surface area contributed by atoms with Crippen molar-refractivity contribution in [1.82, 2.24) is 15.0 Å². The zero-order valence-corrected chi connectivity index (χ0v) is 16.7. The van der Waals surface area contributed by atoms with Crippen molar-refractivity contribution in [2.75, 3.05) is 0 Å². The molecule has 0 bridgehead atoms. The normalized spacial score (nSPS) is 11.4. The summed E-state index contributed by atoms with van der Waals surface area (Å²) in [4.78, 5) is 12.1. The van der Waals surface area contributed by atoms with Crippen molar-refractivity contribution in [2.24, 2.45) is 0 Å². The van der Waals surface area contributed by atoms with E-state index >= 15 is 0 Å². The third-order valence-electron chi connectivity index (χ3n) is 4.25. The molecule has 142 valence electrons. The molecule has 4 nitrogen and oxygen atoms in total. The molecule has 0 aliphatic carbocycles. The molecule has 3 rings (SSSR count). The van der Waals surface area contributed by atoms with E-state index in [0.717, 1.165) is 24.2 Å². The highest BCUT2D eigenvalue weighted by Crippen LogP contribution is 2.18. The van der Waals surface area contributed by atoms with Crippen molar-refractivity contribution in [2.45, 2.75) is 46.5 Å². The maximum absolute atomic E-state index is 9.92. The summed E-state index contributed by atoms with van der Waals surface area (Å²) in [6, 6.07) is 10.6. The number of imidazole rings is 1. The van der Waals surface area contributed by atoms with Gasteiger partial charge in [0.2, 0.25) is 0 Å². The fraction of sp³-hybridized carbons (Fsp3) is 0.304. The molecule has 0 saturated heterocycles. The summed E-state index contributed by atoms with van der Waals surface area (Å²) in [6.07, 6.45) is 6.45. The number of rotatable bonds is 6. The Bertz CT molecular complexity index is 905. The number of nitrogens with zero attached hydrogens (tertiary/aromatic N) is 2. The minimum absolute atomic E-state index is 0.144. The third-order valence-corrected chi connectivity index (χ3v) is 4.25. The topological polar surface area (TPSA) is 61.8 Å². The van der Waals surface area contributed by atoms with Gasteiger partial charge in [-0.15, -0.1) is 0 Å². The highest BCUT2D eigenvalue weighted by atomic mass is 16.3. The van der Waals surface area contributed by atoms with Crippen LogP contribution in [0.25, 0.3) is 16.9 Å². The molecule has 0 aliphatic heterocycles. The molecule has 1 aromatic carbocycles. The lowest BCUT2D eigenvalue weighted by atomic mass is 10.0. The van der Waals surface area contributed by atoms with Crippen LogP contribution in [0.15, 0.2) is 55.3 Å². The van der Waals surface area contributed by atoms with Crippen LogP contribution >= 0.6 is 0 Å². The van der Waals surface area contributed by atoms with Crippen LogP contribution in [0.5, 0.6) is 0 Å². The monoisotopic (exact) mass is 363 g/mol. The SMILES string of the molecule is C=C/C=C(\O)c1cnc2nc(CCc3ccc(C(C)C)cc3)[nH]c2c1.CC. The maximum atomic E-state index is 9.92. The minimum atomic E-state index is 0.144. The van der Waals surface area contributed by atoms with Crippen molar-refractivity contribution in [3.63, 3.8) is 0 Å². The van der Waals surface area contributed by atoms with E-state index in [2.05, 4.69) is 59.6 Å². The molecular formula is C23H29N3O. The van der Waals surface area contributed by atoms with Crippen molar-refractivity contribution < 1.29 is 5.11 Å². The summed E-state index contributed by atoms with van der Waals surface area (Å²) in [5, 5.41) is 9.92. The lowest BCUT2D eigenvalue weighted by molar-refractivity contribution is 0.511. The van der Waals surface area contributed by atoms with Crippen molar-refractivity contribution in [1.29, 1.82) is 0 Å². The van der Waals surface area contributed by atoms with Gasteiger partial charge in [0.05, 0.1) is 5.52 Å². The van der Waals surface area contributed by atoms with Crippen LogP contribution < -0.4 is 0 Å². The molecule has 2 N–H and O–H groups in total. The molecular weight excluding hydrogens is 334 g/mol. The van der Waals surface area contributed by atoms with Crippen LogP contribution in [0.4, 0.5) is 0 Å². The second-order valence-electron chi connectivity index (χ2n) is 6.46. The molecule has 4 heteroatoms. The molecule has 0 fully saturated rings. The smallest absolute Gasteiger partial charge is 0.177 e. The first-order valence-corrected chi connectivity index (χ1v) is 9.52. The Morgan fingerprint density at radius 3 is 2.52 bits per heavy atom. The van der Waals surface area contributed by atoms with Gasteiger partial charge in [0.15, 0.2) is 5.65 Å². The summed E-state index contributed by atoms with van der Waals surface area (Å²) in [5.41, 5.74) is 4.79. The minimum Gasteiger partial charge on any atom is -0.507 e. The lowest BCUT2D eigenvalue weighted by Gasteiger charge is -2.06. The summed E-state index contributed by atoms with van der Waals surface area (Å²) < 4.78 is 0. The predicted octanol–water partition coefficient (Wildman–Crippen LogP) is 5.98. The quantitative estimate of drug-likeness (QED) is 0.418. The molecule has 3 aromatic rings. The Hall–Kier alpha value is -2.88. The van der Waals surface area contributed by atoms with Crippen LogP contribution in [0, 0.1) is 0 Å². The second-order valence-corrected chi connectivity index (χ2v) is 6.46. The first-order valence-electron chi connectivity index (χ1n) is 9.52. The number of benzene rings is 1. The van der Waals surface area contributed by atoms with E-state index in [1.165, 1.54) is 11.1 Å². The second kappa shape index (κ2) is 9.72. The zero-order chi connectivity index (χ0) is 19.8. The number of allylic oxidation sites excluding steroid dienone is 2. The molecule has 0 aliphatic rings. The average Bonchev–Trinajstić information content (AvgIpc) is 3.10. The number of H-pyrrole nitrogens is 1. The van der Waals surface area contributed by atoms with E-state index in [1.807, 2.05) is 19.9 Å². The number of fused-ring (bicyclic) bond motifs is 1. The van der Waals surface area contributed by atoms with Gasteiger partial charge in [0.25, 0.3) is 0 Å². The van der Waals surface area contributed by atoms with Crippen LogP contribution in [-0.4, -0.2) is 20.1 Å². The molecule has 0 unspecified atom stereocenters. The summed E-state index contributed by atoms with van der Waals surface area (Å²) in [6.45, 7) is 12.0. The van der Waals surface area contributed by atoms with Crippen LogP contribution in [0.2, 0.25) is 0 Å². The van der Waals surface area contributed by atoms with E-state index in [-0.39, 0.29) is 5.76 Å². The number of aliphatic hydroxyl groups excluding tert-OH is 1. The first-order chi connectivity index (χ1) is 13.1. The summed E-state index contributed by atoms with van der Waals surface area (Å²) in [7, 11) is 0. The van der Waals surface area contributed by atoms with Gasteiger partial charge in [-0.3, -0.25) is 0 Å². The Morgan fingerprint density at radius 1 is 1.19 bits per heavy atom. The predicted molar refractivity (Wildman–Crippen MR) is 114 cm³/mol. The Labute approximate surface area is 161 Å². The molecule has 0 amide bonds. The van der Waals surface area contributed by atoms with Crippen molar-refractivity contribution >= 4 is 16.9 Å². The number of pyridine rings is 1. The van der Waals surface area contributed by atoms with Gasteiger partial charge in [-0.05, 0) is 35.6 Å². The Kier molecular flexibility index (Phi) is 7.35. The number of aliphatic hydroxyl groups is 1. The van der Waals surface area contributed by atoms with Crippen LogP contribution in [0.1, 0.15) is 56.1 Å². The third kappa shape index (κ3) is 5.30. The van der Waals surface area contributed by atoms with Gasteiger partial charge in [-0.2, -0.15) is 0 Å². The average molecular weight is 364 g/mol. The van der Waals surface area contributed by atoms with Gasteiger partial charge in [0.1, 0.15) is 11.6 Å². The summed E-state index contributed by atoms with van der Waals surface area (Å²) in [5.74, 6) is 1.60. The van der Waals surface area contributed by atoms with Gasteiger partial charge in [-0.1, -0.05) is 64.6 Å². The van der Waals surface area contributed by atoms with E-state index in [0.29, 0.717) is 17.1 Å². The van der Waals surface area contributed by atoms with Crippen LogP contribution in [-0.2, 0) is 12.8 Å². The van der Waals surface area contributed by atoms with E-state index in [9.17, 15) is 5.11 Å². The van der Waals surface area contributed by atoms with Gasteiger partial charge < -0.3 is 10.1 Å². The molecule has 0 spiro atoms. The van der Waals surface area contributed by atoms with E-state index in [1.54, 1.807) is 18.3 Å². The standard InChI is InChI=1S/C21H23N3O.C2H6/c1-4-5-19(25)17-12-18-21(22-13-17)24-20(23-18)11-8-15-6-9-16(10-7-15)14(2)3;1-2/h4-7,9-10,12-14,25H,1,8,11H2,2-3H3,(H,22,23,24);1-2H3/b19-5-;. The van der Waals surface area contributed by atoms with Gasteiger partial charge >= 0.3 is 0 Å². The van der Waals surface area contributed by atoms with Crippen LogP contribution in [0.3, 0.4) is 0 Å². The lowest BCUT2D eigenvalue weighted by Crippen LogP contribution is -1.94. The molecule has 2 aromatic heterocycles. The molecule has 27 heavy (non-hydrogen) atoms. The van der Waals surface area contributed by atoms with Crippen molar-refractivity contribution in [3.8, 4) is 0 Å². The fourth-order valence-electron chi connectivity index (χ4n) is 2.75. The Morgan fingerprint density at radius 2 is 1.89 bits per heavy atom. The van der Waals surface area contributed by atoms with Gasteiger partial charge in [-0.25, -0.2) is 9.97 Å². The number of hydrogen-bond acceptors (Lipinski definition) is 3. The molecule has 0 saturated carbocycles. The van der Waals surface area contributed by atoms with E-state index in [4.69, 9.17) is 0 Å². The maximum Gasteiger partial charge on any atom is 0.177 e. The number of aromatic amines is 1. The first kappa shape index (κ1) is 20.4. The fourth-order valence-corrected chi connectivity index (χ4v) is 2.75. The van der Waals surface area contributed by atoms with E-state index < -0.39 is 0 Å². The largest absolute Gasteiger partial charge is 0.507 e. The molecule has 2 heterocycles. The zero-order valence-electron chi connectivity index (χ0n) is 16.7. The Balaban J connectivity index is 0.00000126. The number of hydrogen-bond donors (Lipinski definition) is 2. The number of aromatic nitrogens is 3. The number of nitrogens with one attached hydrogen (secondary N) is 1.